The highest BCUT2D eigenvalue weighted by Gasteiger charge is 2.36. The van der Waals surface area contributed by atoms with E-state index in [1.807, 2.05) is 0 Å². The first-order valence-corrected chi connectivity index (χ1v) is 8.91. The van der Waals surface area contributed by atoms with Crippen LogP contribution in [0.1, 0.15) is 68.6 Å². The Morgan fingerprint density at radius 3 is 2.62 bits per heavy atom. The first kappa shape index (κ1) is 17.0. The number of aromatic nitrogens is 2. The number of nitrogens with two attached hydrogens (primary N) is 1. The lowest BCUT2D eigenvalue weighted by Crippen LogP contribution is -2.45. The number of aliphatic hydroxyl groups excluding tert-OH is 1. The van der Waals surface area contributed by atoms with Gasteiger partial charge in [0.05, 0.1) is 11.7 Å². The van der Waals surface area contributed by atoms with Gasteiger partial charge in [-0.1, -0.05) is 6.92 Å². The average molecular weight is 333 g/mol. The van der Waals surface area contributed by atoms with Gasteiger partial charge >= 0.3 is 0 Å². The van der Waals surface area contributed by atoms with Crippen molar-refractivity contribution in [2.24, 2.45) is 5.73 Å². The van der Waals surface area contributed by atoms with Crippen LogP contribution in [-0.4, -0.2) is 38.7 Å². The average Bonchev–Trinajstić information content (AvgIpc) is 2.53. The lowest BCUT2D eigenvalue weighted by molar-refractivity contribution is 0.1000. The third kappa shape index (κ3) is 3.61. The summed E-state index contributed by atoms with van der Waals surface area (Å²) in [4.78, 5) is 20.5. The van der Waals surface area contributed by atoms with Crippen molar-refractivity contribution in [3.8, 4) is 0 Å². The largest absolute Gasteiger partial charge is 0.393 e. The lowest BCUT2D eigenvalue weighted by atomic mass is 9.75. The van der Waals surface area contributed by atoms with Gasteiger partial charge in [-0.05, 0) is 51.4 Å². The normalized spacial score (nSPS) is 25.6. The van der Waals surface area contributed by atoms with Crippen molar-refractivity contribution >= 4 is 17.7 Å². The van der Waals surface area contributed by atoms with Crippen LogP contribution in [0.5, 0.6) is 0 Å². The van der Waals surface area contributed by atoms with E-state index in [2.05, 4.69) is 27.5 Å². The highest BCUT2D eigenvalue weighted by Crippen LogP contribution is 2.38. The molecule has 132 valence electrons. The fraction of sp³-hybridized carbons (Fsp3) is 0.706. The van der Waals surface area contributed by atoms with Gasteiger partial charge in [0.25, 0.3) is 5.91 Å². The van der Waals surface area contributed by atoms with Crippen molar-refractivity contribution in [1.82, 2.24) is 9.97 Å². The minimum absolute atomic E-state index is 0.0186. The smallest absolute Gasteiger partial charge is 0.254 e. The number of hydrogen-bond acceptors (Lipinski definition) is 6. The summed E-state index contributed by atoms with van der Waals surface area (Å²) in [6.07, 6.45) is 9.01. The van der Waals surface area contributed by atoms with Crippen LogP contribution in [0.4, 0.5) is 11.8 Å². The first-order valence-electron chi connectivity index (χ1n) is 8.91. The highest BCUT2D eigenvalue weighted by atomic mass is 16.3. The number of nitrogens with zero attached hydrogens (tertiary/aromatic N) is 2. The molecular weight excluding hydrogens is 306 g/mol. The Bertz CT molecular complexity index is 589. The number of aliphatic hydroxyl groups is 1. The number of amides is 1. The van der Waals surface area contributed by atoms with Crippen LogP contribution in [0.3, 0.4) is 0 Å². The molecule has 3 rings (SSSR count). The van der Waals surface area contributed by atoms with Crippen LogP contribution in [0.25, 0.3) is 0 Å². The van der Waals surface area contributed by atoms with Gasteiger partial charge in [0.15, 0.2) is 0 Å². The molecule has 0 aliphatic heterocycles. The minimum Gasteiger partial charge on any atom is -0.393 e. The second kappa shape index (κ2) is 6.93. The summed E-state index contributed by atoms with van der Waals surface area (Å²) < 4.78 is 0. The number of carbonyl (C=O) groups excluding carboxylic acids is 1. The Morgan fingerprint density at radius 2 is 2.08 bits per heavy atom. The zero-order valence-corrected chi connectivity index (χ0v) is 14.2. The SMILES string of the molecule is CCC1(Nc2nc(NC3CCC(O)CC3)ncc2C(N)=O)CCC1. The van der Waals surface area contributed by atoms with E-state index in [1.54, 1.807) is 0 Å². The third-order valence-corrected chi connectivity index (χ3v) is 5.46. The summed E-state index contributed by atoms with van der Waals surface area (Å²) in [5, 5.41) is 16.4. The fourth-order valence-corrected chi connectivity index (χ4v) is 3.55. The predicted molar refractivity (Wildman–Crippen MR) is 92.9 cm³/mol. The molecule has 0 spiro atoms. The topological polar surface area (TPSA) is 113 Å². The Labute approximate surface area is 142 Å². The molecule has 0 atom stereocenters. The number of hydrogen-bond donors (Lipinski definition) is 4. The van der Waals surface area contributed by atoms with E-state index in [9.17, 15) is 9.90 Å². The van der Waals surface area contributed by atoms with Crippen LogP contribution in [0, 0.1) is 0 Å². The lowest BCUT2D eigenvalue weighted by Gasteiger charge is -2.42. The van der Waals surface area contributed by atoms with Crippen molar-refractivity contribution in [2.75, 3.05) is 10.6 Å². The van der Waals surface area contributed by atoms with Gasteiger partial charge in [0, 0.05) is 17.8 Å². The summed E-state index contributed by atoms with van der Waals surface area (Å²) in [6, 6.07) is 0.254. The molecule has 1 aromatic heterocycles. The molecule has 1 aromatic rings. The molecular formula is C17H27N5O2. The van der Waals surface area contributed by atoms with E-state index in [-0.39, 0.29) is 17.7 Å². The zero-order valence-electron chi connectivity index (χ0n) is 14.2. The van der Waals surface area contributed by atoms with Gasteiger partial charge in [-0.3, -0.25) is 4.79 Å². The Balaban J connectivity index is 1.76. The van der Waals surface area contributed by atoms with Crippen molar-refractivity contribution in [2.45, 2.75) is 76.0 Å². The van der Waals surface area contributed by atoms with Gasteiger partial charge in [-0.2, -0.15) is 4.98 Å². The third-order valence-electron chi connectivity index (χ3n) is 5.46. The van der Waals surface area contributed by atoms with E-state index in [0.717, 1.165) is 44.9 Å². The number of carbonyl (C=O) groups is 1. The Hall–Kier alpha value is -1.89. The fourth-order valence-electron chi connectivity index (χ4n) is 3.55. The molecule has 24 heavy (non-hydrogen) atoms. The van der Waals surface area contributed by atoms with Crippen LogP contribution in [0.15, 0.2) is 6.20 Å². The van der Waals surface area contributed by atoms with E-state index in [0.29, 0.717) is 17.3 Å². The molecule has 0 unspecified atom stereocenters. The van der Waals surface area contributed by atoms with Gasteiger partial charge in [-0.15, -0.1) is 0 Å². The number of nitrogens with one attached hydrogen (secondary N) is 2. The summed E-state index contributed by atoms with van der Waals surface area (Å²) in [5.41, 5.74) is 5.83. The highest BCUT2D eigenvalue weighted by molar-refractivity contribution is 5.97. The van der Waals surface area contributed by atoms with Gasteiger partial charge in [0.2, 0.25) is 5.95 Å². The standard InChI is InChI=1S/C17H27N5O2/c1-2-17(8-3-9-17)22-15-13(14(18)24)10-19-16(21-15)20-11-4-6-12(23)7-5-11/h10-12,23H,2-9H2,1H3,(H2,18,24)(H2,19,20,21,22). The molecule has 2 aliphatic carbocycles. The summed E-state index contributed by atoms with van der Waals surface area (Å²) >= 11 is 0. The minimum atomic E-state index is -0.518. The number of primary amides is 1. The zero-order chi connectivity index (χ0) is 17.2. The summed E-state index contributed by atoms with van der Waals surface area (Å²) in [6.45, 7) is 2.14. The second-order valence-electron chi connectivity index (χ2n) is 7.08. The Morgan fingerprint density at radius 1 is 1.38 bits per heavy atom. The van der Waals surface area contributed by atoms with Crippen LogP contribution in [0.2, 0.25) is 0 Å². The quantitative estimate of drug-likeness (QED) is 0.633. The second-order valence-corrected chi connectivity index (χ2v) is 7.08. The number of anilines is 2. The van der Waals surface area contributed by atoms with Crippen molar-refractivity contribution in [3.05, 3.63) is 11.8 Å². The predicted octanol–water partition coefficient (Wildman–Crippen LogP) is 2.04. The Kier molecular flexibility index (Phi) is 4.89. The molecule has 0 aromatic carbocycles. The van der Waals surface area contributed by atoms with Crippen molar-refractivity contribution in [3.63, 3.8) is 0 Å². The summed E-state index contributed by atoms with van der Waals surface area (Å²) in [7, 11) is 0. The molecule has 7 heteroatoms. The summed E-state index contributed by atoms with van der Waals surface area (Å²) in [5.74, 6) is 0.516. The molecule has 0 bridgehead atoms. The monoisotopic (exact) mass is 333 g/mol. The maximum Gasteiger partial charge on any atom is 0.254 e. The van der Waals surface area contributed by atoms with Gasteiger partial charge in [0.1, 0.15) is 5.82 Å². The van der Waals surface area contributed by atoms with Crippen molar-refractivity contribution in [1.29, 1.82) is 0 Å². The molecule has 2 saturated carbocycles. The maximum absolute atomic E-state index is 11.7. The molecule has 0 radical (unpaired) electrons. The first-order chi connectivity index (χ1) is 11.5. The molecule has 2 fully saturated rings. The van der Waals surface area contributed by atoms with Crippen LogP contribution >= 0.6 is 0 Å². The molecule has 7 nitrogen and oxygen atoms in total. The van der Waals surface area contributed by atoms with E-state index in [1.165, 1.54) is 12.6 Å². The number of rotatable bonds is 6. The van der Waals surface area contributed by atoms with Gasteiger partial charge in [-0.25, -0.2) is 4.98 Å². The van der Waals surface area contributed by atoms with Crippen molar-refractivity contribution < 1.29 is 9.90 Å². The van der Waals surface area contributed by atoms with E-state index >= 15 is 0 Å². The van der Waals surface area contributed by atoms with Crippen LogP contribution in [-0.2, 0) is 0 Å². The molecule has 5 N–H and O–H groups in total. The maximum atomic E-state index is 11.7. The van der Waals surface area contributed by atoms with Gasteiger partial charge < -0.3 is 21.5 Å². The van der Waals surface area contributed by atoms with E-state index in [4.69, 9.17) is 5.73 Å². The molecule has 1 amide bonds. The van der Waals surface area contributed by atoms with E-state index < -0.39 is 5.91 Å². The molecule has 1 heterocycles. The van der Waals surface area contributed by atoms with Crippen LogP contribution < -0.4 is 16.4 Å². The molecule has 0 saturated heterocycles. The molecule has 2 aliphatic rings.